The lowest BCUT2D eigenvalue weighted by Crippen LogP contribution is -2.30. The molecular formula is C29H32F2N6O. The Balaban J connectivity index is 1.65. The van der Waals surface area contributed by atoms with Crippen LogP contribution in [0.25, 0.3) is 11.3 Å². The Morgan fingerprint density at radius 1 is 1.34 bits per heavy atom. The molecule has 2 atom stereocenters. The fraction of sp³-hybridized carbons (Fsp3) is 0.448. The number of likely N-dealkylation sites (tertiary alicyclic amines) is 1. The molecule has 0 radical (unpaired) electrons. The molecule has 1 aliphatic heterocycles. The number of hydrogen-bond donors (Lipinski definition) is 1. The summed E-state index contributed by atoms with van der Waals surface area (Å²) in [5, 5.41) is 9.24. The van der Waals surface area contributed by atoms with Gasteiger partial charge in [0.2, 0.25) is 5.97 Å². The van der Waals surface area contributed by atoms with Crippen LogP contribution >= 0.6 is 0 Å². The Morgan fingerprint density at radius 3 is 2.74 bits per heavy atom. The molecule has 1 amide bonds. The summed E-state index contributed by atoms with van der Waals surface area (Å²) in [5.41, 5.74) is 9.56. The highest BCUT2D eigenvalue weighted by Crippen LogP contribution is 2.60. The molecule has 2 unspecified atom stereocenters. The van der Waals surface area contributed by atoms with Gasteiger partial charge in [-0.05, 0) is 80.2 Å². The molecule has 1 aromatic heterocycles. The molecule has 7 nitrogen and oxygen atoms in total. The second kappa shape index (κ2) is 9.50. The van der Waals surface area contributed by atoms with Gasteiger partial charge in [-0.15, -0.1) is 0 Å². The van der Waals surface area contributed by atoms with Crippen molar-refractivity contribution in [1.82, 2.24) is 14.5 Å². The molecule has 1 aromatic carbocycles. The highest BCUT2D eigenvalue weighted by atomic mass is 19.1. The van der Waals surface area contributed by atoms with E-state index in [1.807, 2.05) is 17.9 Å². The number of amides is 1. The van der Waals surface area contributed by atoms with Gasteiger partial charge in [-0.3, -0.25) is 14.4 Å². The first-order chi connectivity index (χ1) is 18.1. The predicted molar refractivity (Wildman–Crippen MR) is 143 cm³/mol. The Labute approximate surface area is 221 Å². The molecular weight excluding hydrogens is 486 g/mol. The van der Waals surface area contributed by atoms with Crippen molar-refractivity contribution in [2.75, 3.05) is 25.9 Å². The second-order valence-electron chi connectivity index (χ2n) is 10.7. The number of anilines is 1. The maximum Gasteiger partial charge on any atom is 0.274 e. The van der Waals surface area contributed by atoms with Crippen LogP contribution in [-0.4, -0.2) is 46.5 Å². The molecule has 3 aliphatic rings. The first-order valence-electron chi connectivity index (χ1n) is 13.1. The number of carbonyl (C=O) groups is 1. The minimum Gasteiger partial charge on any atom is -0.398 e. The molecule has 38 heavy (non-hydrogen) atoms. The van der Waals surface area contributed by atoms with Gasteiger partial charge in [0, 0.05) is 25.8 Å². The molecule has 0 bridgehead atoms. The van der Waals surface area contributed by atoms with Crippen molar-refractivity contribution in [3.63, 3.8) is 0 Å². The zero-order valence-corrected chi connectivity index (χ0v) is 22.2. The molecule has 9 heteroatoms. The molecule has 5 rings (SSSR count). The lowest BCUT2D eigenvalue weighted by atomic mass is 9.97. The highest BCUT2D eigenvalue weighted by Gasteiger charge is 2.57. The van der Waals surface area contributed by atoms with Gasteiger partial charge in [-0.1, -0.05) is 13.3 Å². The van der Waals surface area contributed by atoms with Crippen molar-refractivity contribution >= 4 is 23.1 Å². The lowest BCUT2D eigenvalue weighted by Gasteiger charge is -2.18. The van der Waals surface area contributed by atoms with Gasteiger partial charge in [-0.25, -0.2) is 9.37 Å². The van der Waals surface area contributed by atoms with Gasteiger partial charge in [0.15, 0.2) is 0 Å². The molecule has 1 saturated carbocycles. The fourth-order valence-corrected chi connectivity index (χ4v) is 6.18. The van der Waals surface area contributed by atoms with E-state index in [0.29, 0.717) is 47.4 Å². The summed E-state index contributed by atoms with van der Waals surface area (Å²) in [4.78, 5) is 24.1. The number of aromatic nitrogens is 2. The monoisotopic (exact) mass is 518 g/mol. The number of nitrogens with two attached hydrogens (primary N) is 1. The third kappa shape index (κ3) is 4.12. The number of nitrogens with zero attached hydrogens (tertiary/aromatic N) is 5. The summed E-state index contributed by atoms with van der Waals surface area (Å²) in [6, 6.07) is 5.16. The van der Waals surface area contributed by atoms with E-state index in [1.54, 1.807) is 23.6 Å². The number of benzene rings is 1. The smallest absolute Gasteiger partial charge is 0.274 e. The first-order valence-corrected chi connectivity index (χ1v) is 13.1. The van der Waals surface area contributed by atoms with Gasteiger partial charge in [-0.2, -0.15) is 9.65 Å². The summed E-state index contributed by atoms with van der Waals surface area (Å²) in [6.07, 6.45) is 5.21. The number of nitrogen functional groups attached to an aromatic ring is 1. The average Bonchev–Trinajstić information content (AvgIpc) is 3.22. The van der Waals surface area contributed by atoms with Gasteiger partial charge < -0.3 is 10.6 Å². The van der Waals surface area contributed by atoms with Crippen molar-refractivity contribution in [3.8, 4) is 11.8 Å². The van der Waals surface area contributed by atoms with Crippen LogP contribution in [-0.2, 0) is 0 Å². The lowest BCUT2D eigenvalue weighted by molar-refractivity contribution is 0.0777. The van der Waals surface area contributed by atoms with E-state index in [0.717, 1.165) is 31.4 Å². The van der Waals surface area contributed by atoms with Gasteiger partial charge >= 0.3 is 0 Å². The van der Waals surface area contributed by atoms with E-state index in [4.69, 9.17) is 10.7 Å². The van der Waals surface area contributed by atoms with E-state index < -0.39 is 11.8 Å². The highest BCUT2D eigenvalue weighted by molar-refractivity contribution is 5.99. The van der Waals surface area contributed by atoms with Crippen molar-refractivity contribution < 1.29 is 13.6 Å². The number of aliphatic imine (C=N–C) groups is 1. The number of rotatable bonds is 5. The van der Waals surface area contributed by atoms with Gasteiger partial charge in [0.25, 0.3) is 5.91 Å². The molecule has 1 saturated heterocycles. The van der Waals surface area contributed by atoms with Crippen LogP contribution in [0, 0.1) is 36.5 Å². The molecule has 2 heterocycles. The molecule has 2 fully saturated rings. The third-order valence-corrected chi connectivity index (χ3v) is 8.52. The van der Waals surface area contributed by atoms with Gasteiger partial charge in [0.1, 0.15) is 17.3 Å². The number of imidazole rings is 1. The second-order valence-corrected chi connectivity index (χ2v) is 10.7. The zero-order valence-electron chi connectivity index (χ0n) is 22.2. The number of nitriles is 1. The molecule has 2 aliphatic carbocycles. The van der Waals surface area contributed by atoms with Crippen molar-refractivity contribution in [1.29, 1.82) is 5.26 Å². The summed E-state index contributed by atoms with van der Waals surface area (Å²) in [6.45, 7) is 7.25. The van der Waals surface area contributed by atoms with Crippen LogP contribution in [0.15, 0.2) is 34.6 Å². The van der Waals surface area contributed by atoms with Crippen LogP contribution in [0.5, 0.6) is 0 Å². The van der Waals surface area contributed by atoms with Crippen molar-refractivity contribution in [2.24, 2.45) is 16.3 Å². The van der Waals surface area contributed by atoms with Crippen LogP contribution < -0.4 is 5.73 Å². The SMILES string of the molecule is CCC1CC12CCN(C(=O)c1nc(C3=CC(F)=C(C#N)CC3)n(-c3cc(C(F)=NC)c(N)cc3C)c1C)C2. The van der Waals surface area contributed by atoms with E-state index in [1.165, 1.54) is 13.1 Å². The summed E-state index contributed by atoms with van der Waals surface area (Å²) >= 11 is 0. The largest absolute Gasteiger partial charge is 0.398 e. The molecule has 198 valence electrons. The molecule has 1 spiro atoms. The summed E-state index contributed by atoms with van der Waals surface area (Å²) in [5.74, 6) is -0.398. The van der Waals surface area contributed by atoms with E-state index >= 15 is 0 Å². The fourth-order valence-electron chi connectivity index (χ4n) is 6.18. The van der Waals surface area contributed by atoms with E-state index in [2.05, 4.69) is 11.9 Å². The first kappa shape index (κ1) is 25.8. The molecule has 2 aromatic rings. The van der Waals surface area contributed by atoms with Crippen LogP contribution in [0.3, 0.4) is 0 Å². The topological polar surface area (TPSA) is 100 Å². The van der Waals surface area contributed by atoms with Crippen molar-refractivity contribution in [2.45, 2.75) is 52.9 Å². The maximum atomic E-state index is 14.7. The van der Waals surface area contributed by atoms with E-state index in [9.17, 15) is 18.8 Å². The summed E-state index contributed by atoms with van der Waals surface area (Å²) in [7, 11) is 1.35. The average molecular weight is 519 g/mol. The Morgan fingerprint density at radius 2 is 2.11 bits per heavy atom. The Bertz CT molecular complexity index is 1480. The quantitative estimate of drug-likeness (QED) is 0.411. The van der Waals surface area contributed by atoms with E-state index in [-0.39, 0.29) is 34.6 Å². The van der Waals surface area contributed by atoms with Crippen LogP contribution in [0.1, 0.15) is 72.2 Å². The Hall–Kier alpha value is -3.80. The van der Waals surface area contributed by atoms with Gasteiger partial charge in [0.05, 0.1) is 28.6 Å². The minimum atomic E-state index is -0.707. The Kier molecular flexibility index (Phi) is 6.46. The van der Waals surface area contributed by atoms with Crippen molar-refractivity contribution in [3.05, 3.63) is 57.9 Å². The molecule has 2 N–H and O–H groups in total. The van der Waals surface area contributed by atoms with Crippen LogP contribution in [0.4, 0.5) is 14.5 Å². The zero-order chi connectivity index (χ0) is 27.4. The number of hydrogen-bond acceptors (Lipinski definition) is 5. The maximum absolute atomic E-state index is 14.7. The number of allylic oxidation sites excluding steroid dienone is 4. The minimum absolute atomic E-state index is 0.0873. The summed E-state index contributed by atoms with van der Waals surface area (Å²) < 4.78 is 31.1. The normalized spacial score (nSPS) is 23.2. The number of aryl methyl sites for hydroxylation is 1. The number of halogens is 2. The predicted octanol–water partition coefficient (Wildman–Crippen LogP) is 5.60. The van der Waals surface area contributed by atoms with Crippen LogP contribution in [0.2, 0.25) is 0 Å². The number of carbonyl (C=O) groups excluding carboxylic acids is 1. The standard InChI is InChI=1S/C29H32F2N6O/c1-5-20-13-29(20)8-9-36(15-29)28(38)25-17(3)37(24-12-21(26(31)34-4)23(33)10-16(24)2)27(35-25)18-6-7-19(14-32)22(30)11-18/h10-12,20H,5-9,13,15,33H2,1-4H3. The third-order valence-electron chi connectivity index (χ3n) is 8.52.